The summed E-state index contributed by atoms with van der Waals surface area (Å²) in [4.78, 5) is 11.2. The van der Waals surface area contributed by atoms with Crippen LogP contribution in [0.25, 0.3) is 22.2 Å². The van der Waals surface area contributed by atoms with Gasteiger partial charge in [-0.15, -0.1) is 5.10 Å². The Balaban J connectivity index is 1.83. The summed E-state index contributed by atoms with van der Waals surface area (Å²) in [5.74, 6) is 0.367. The molecule has 1 fully saturated rings. The van der Waals surface area contributed by atoms with E-state index in [1.165, 1.54) is 11.8 Å². The third-order valence-corrected chi connectivity index (χ3v) is 4.98. The van der Waals surface area contributed by atoms with E-state index in [-0.39, 0.29) is 5.91 Å². The topological polar surface area (TPSA) is 58.8 Å². The molecule has 0 aliphatic carbocycles. The van der Waals surface area contributed by atoms with Crippen LogP contribution in [0.4, 0.5) is 0 Å². The number of amidine groups is 1. The molecule has 0 spiro atoms. The predicted molar refractivity (Wildman–Crippen MR) is 104 cm³/mol. The van der Waals surface area contributed by atoms with Crippen molar-refractivity contribution in [3.63, 3.8) is 0 Å². The van der Waals surface area contributed by atoms with Crippen molar-refractivity contribution in [1.29, 1.82) is 0 Å². The van der Waals surface area contributed by atoms with Crippen LogP contribution in [-0.2, 0) is 11.8 Å². The van der Waals surface area contributed by atoms with Crippen LogP contribution < -0.4 is 5.32 Å². The van der Waals surface area contributed by atoms with Crippen LogP contribution in [0.3, 0.4) is 0 Å². The summed E-state index contributed by atoms with van der Waals surface area (Å²) >= 11 is 1.37. The van der Waals surface area contributed by atoms with E-state index >= 15 is 0 Å². The lowest BCUT2D eigenvalue weighted by atomic mass is 10.1. The molecule has 4 rings (SSSR count). The third-order valence-electron chi connectivity index (χ3n) is 4.12. The van der Waals surface area contributed by atoms with Crippen LogP contribution in [0.2, 0.25) is 0 Å². The van der Waals surface area contributed by atoms with E-state index < -0.39 is 0 Å². The number of nitrogens with zero attached hydrogens (tertiary/aromatic N) is 3. The van der Waals surface area contributed by atoms with Crippen LogP contribution in [0.15, 0.2) is 64.8 Å². The number of hydrogen-bond donors (Lipinski definition) is 1. The van der Waals surface area contributed by atoms with Crippen LogP contribution in [0, 0.1) is 0 Å². The Kier molecular flexibility index (Phi) is 4.11. The van der Waals surface area contributed by atoms with Crippen LogP contribution in [0.1, 0.15) is 5.56 Å². The zero-order valence-corrected chi connectivity index (χ0v) is 14.5. The highest BCUT2D eigenvalue weighted by molar-refractivity contribution is 8.15. The number of para-hydroxylation sites is 1. The van der Waals surface area contributed by atoms with Crippen LogP contribution in [0.5, 0.6) is 0 Å². The van der Waals surface area contributed by atoms with Crippen LogP contribution in [-0.4, -0.2) is 27.6 Å². The average Bonchev–Trinajstić information content (AvgIpc) is 3.18. The molecule has 0 atom stereocenters. The molecular formula is C19H16N4OS. The lowest BCUT2D eigenvalue weighted by Gasteiger charge is -2.05. The molecule has 1 aromatic heterocycles. The standard InChI is InChI=1S/C19H16N4OS/c1-23-16-10-6-5-9-14(16)15(18(23)13-7-3-2-4-8-13)11-20-22-19-21-17(24)12-25-19/h2-11H,12H2,1H3,(H,21,22,24). The van der Waals surface area contributed by atoms with Crippen molar-refractivity contribution in [2.24, 2.45) is 17.3 Å². The highest BCUT2D eigenvalue weighted by Crippen LogP contribution is 2.31. The average molecular weight is 348 g/mol. The van der Waals surface area contributed by atoms with E-state index in [2.05, 4.69) is 51.4 Å². The van der Waals surface area contributed by atoms with Gasteiger partial charge in [0.2, 0.25) is 5.91 Å². The van der Waals surface area contributed by atoms with Gasteiger partial charge in [-0.05, 0) is 11.6 Å². The van der Waals surface area contributed by atoms with Crippen molar-refractivity contribution in [3.05, 3.63) is 60.2 Å². The Morgan fingerprint density at radius 3 is 2.64 bits per heavy atom. The van der Waals surface area contributed by atoms with E-state index in [1.807, 2.05) is 30.3 Å². The number of nitrogens with one attached hydrogen (secondary N) is 1. The van der Waals surface area contributed by atoms with Gasteiger partial charge in [0.25, 0.3) is 0 Å². The molecule has 25 heavy (non-hydrogen) atoms. The second-order valence-corrected chi connectivity index (χ2v) is 6.66. The molecule has 0 radical (unpaired) electrons. The smallest absolute Gasteiger partial charge is 0.236 e. The van der Waals surface area contributed by atoms with E-state index in [0.29, 0.717) is 10.9 Å². The molecule has 5 nitrogen and oxygen atoms in total. The zero-order chi connectivity index (χ0) is 17.2. The zero-order valence-electron chi connectivity index (χ0n) is 13.6. The number of aryl methyl sites for hydroxylation is 1. The normalized spacial score (nSPS) is 16.2. The molecule has 1 aliphatic rings. The maximum atomic E-state index is 11.2. The lowest BCUT2D eigenvalue weighted by molar-refractivity contribution is -0.116. The molecule has 0 saturated carbocycles. The van der Waals surface area contributed by atoms with Gasteiger partial charge in [-0.2, -0.15) is 5.10 Å². The first-order chi connectivity index (χ1) is 12.2. The van der Waals surface area contributed by atoms with Crippen molar-refractivity contribution in [2.45, 2.75) is 0 Å². The van der Waals surface area contributed by atoms with Crippen molar-refractivity contribution in [3.8, 4) is 11.3 Å². The largest absolute Gasteiger partial charge is 0.343 e. The summed E-state index contributed by atoms with van der Waals surface area (Å²) in [6.07, 6.45) is 1.77. The highest BCUT2D eigenvalue weighted by atomic mass is 32.2. The van der Waals surface area contributed by atoms with Gasteiger partial charge in [-0.25, -0.2) is 0 Å². The number of benzene rings is 2. The van der Waals surface area contributed by atoms with Gasteiger partial charge < -0.3 is 9.88 Å². The SMILES string of the molecule is Cn1c(-c2ccccc2)c(C=N/N=C2\NC(=O)CS2)c2ccccc21. The summed E-state index contributed by atoms with van der Waals surface area (Å²) in [5, 5.41) is 12.7. The number of rotatable bonds is 3. The molecule has 1 amide bonds. The van der Waals surface area contributed by atoms with Crippen molar-refractivity contribution < 1.29 is 4.79 Å². The van der Waals surface area contributed by atoms with Crippen LogP contribution >= 0.6 is 11.8 Å². The molecule has 0 unspecified atom stereocenters. The van der Waals surface area contributed by atoms with Gasteiger partial charge in [0.15, 0.2) is 5.17 Å². The van der Waals surface area contributed by atoms with Crippen molar-refractivity contribution in [1.82, 2.24) is 9.88 Å². The Morgan fingerprint density at radius 1 is 1.12 bits per heavy atom. The van der Waals surface area contributed by atoms with Gasteiger partial charge in [-0.3, -0.25) is 4.79 Å². The Hall–Kier alpha value is -2.86. The minimum absolute atomic E-state index is 0.0333. The molecule has 2 aromatic carbocycles. The monoisotopic (exact) mass is 348 g/mol. The van der Waals surface area contributed by atoms with E-state index in [9.17, 15) is 4.79 Å². The first kappa shape index (κ1) is 15.7. The predicted octanol–water partition coefficient (Wildman–Crippen LogP) is 3.40. The molecule has 124 valence electrons. The van der Waals surface area contributed by atoms with E-state index in [1.54, 1.807) is 6.21 Å². The minimum atomic E-state index is -0.0333. The molecule has 0 bridgehead atoms. The summed E-state index contributed by atoms with van der Waals surface area (Å²) in [6.45, 7) is 0. The Labute approximate surface area is 149 Å². The van der Waals surface area contributed by atoms with Crippen molar-refractivity contribution in [2.75, 3.05) is 5.75 Å². The number of aromatic nitrogens is 1. The van der Waals surface area contributed by atoms with Gasteiger partial charge in [0.05, 0.1) is 17.7 Å². The molecular weight excluding hydrogens is 332 g/mol. The molecule has 3 aromatic rings. The molecule has 1 aliphatic heterocycles. The Morgan fingerprint density at radius 2 is 1.88 bits per heavy atom. The Bertz CT molecular complexity index is 1000. The number of amides is 1. The molecule has 1 saturated heterocycles. The quantitative estimate of drug-likeness (QED) is 0.582. The number of fused-ring (bicyclic) bond motifs is 1. The number of carbonyl (C=O) groups is 1. The summed E-state index contributed by atoms with van der Waals surface area (Å²) in [5.41, 5.74) is 4.37. The fourth-order valence-corrected chi connectivity index (χ4v) is 3.65. The van der Waals surface area contributed by atoms with Crippen molar-refractivity contribution >= 4 is 40.0 Å². The van der Waals surface area contributed by atoms with Gasteiger partial charge in [0.1, 0.15) is 0 Å². The second kappa shape index (κ2) is 6.57. The maximum Gasteiger partial charge on any atom is 0.236 e. The fourth-order valence-electron chi connectivity index (χ4n) is 3.02. The van der Waals surface area contributed by atoms with Gasteiger partial charge >= 0.3 is 0 Å². The second-order valence-electron chi connectivity index (χ2n) is 5.69. The fraction of sp³-hybridized carbons (Fsp3) is 0.105. The molecule has 1 N–H and O–H groups in total. The van der Waals surface area contributed by atoms with E-state index in [4.69, 9.17) is 0 Å². The first-order valence-corrected chi connectivity index (χ1v) is 8.89. The number of carbonyl (C=O) groups excluding carboxylic acids is 1. The summed E-state index contributed by atoms with van der Waals surface area (Å²) in [6, 6.07) is 18.5. The summed E-state index contributed by atoms with van der Waals surface area (Å²) in [7, 11) is 2.06. The molecule has 2 heterocycles. The van der Waals surface area contributed by atoms with Gasteiger partial charge in [-0.1, -0.05) is 60.3 Å². The maximum absolute atomic E-state index is 11.2. The number of hydrogen-bond acceptors (Lipinski definition) is 4. The van der Waals surface area contributed by atoms with E-state index in [0.717, 1.165) is 27.7 Å². The lowest BCUT2D eigenvalue weighted by Crippen LogP contribution is -2.19. The first-order valence-electron chi connectivity index (χ1n) is 7.90. The third kappa shape index (κ3) is 2.96. The molecule has 6 heteroatoms. The highest BCUT2D eigenvalue weighted by Gasteiger charge is 2.17. The number of thioether (sulfide) groups is 1. The summed E-state index contributed by atoms with van der Waals surface area (Å²) < 4.78 is 2.17. The van der Waals surface area contributed by atoms with Gasteiger partial charge in [0, 0.05) is 23.5 Å². The minimum Gasteiger partial charge on any atom is -0.343 e.